The first kappa shape index (κ1) is 9.71. The Morgan fingerprint density at radius 1 is 1.47 bits per heavy atom. The van der Waals surface area contributed by atoms with Gasteiger partial charge >= 0.3 is 0 Å². The average molecular weight is 204 g/mol. The molecule has 0 spiro atoms. The van der Waals surface area contributed by atoms with Gasteiger partial charge in [-0.1, -0.05) is 31.2 Å². The van der Waals surface area contributed by atoms with Crippen LogP contribution in [0.1, 0.15) is 24.2 Å². The van der Waals surface area contributed by atoms with Crippen LogP contribution < -0.4 is 5.73 Å². The minimum atomic E-state index is -0.652. The molecule has 0 saturated carbocycles. The summed E-state index contributed by atoms with van der Waals surface area (Å²) in [6.45, 7) is 2.03. The molecule has 15 heavy (non-hydrogen) atoms. The molecule has 0 radical (unpaired) electrons. The van der Waals surface area contributed by atoms with E-state index in [1.807, 2.05) is 31.2 Å². The Balaban J connectivity index is 2.35. The van der Waals surface area contributed by atoms with E-state index in [-0.39, 0.29) is 11.9 Å². The molecule has 0 saturated heterocycles. The van der Waals surface area contributed by atoms with Crippen LogP contribution in [0.2, 0.25) is 0 Å². The van der Waals surface area contributed by atoms with Gasteiger partial charge in [0.25, 0.3) is 11.9 Å². The Kier molecular flexibility index (Phi) is 2.41. The lowest BCUT2D eigenvalue weighted by Gasteiger charge is -2.12. The first-order chi connectivity index (χ1) is 7.22. The summed E-state index contributed by atoms with van der Waals surface area (Å²) in [5.74, 6) is -0.326. The van der Waals surface area contributed by atoms with E-state index in [0.717, 1.165) is 17.5 Å². The van der Waals surface area contributed by atoms with E-state index in [0.29, 0.717) is 0 Å². The van der Waals surface area contributed by atoms with Gasteiger partial charge in [-0.3, -0.25) is 4.79 Å². The molecule has 2 rings (SSSR count). The van der Waals surface area contributed by atoms with E-state index in [1.54, 1.807) is 0 Å². The topological polar surface area (TPSA) is 64.7 Å². The number of carbonyl (C=O) groups is 1. The van der Waals surface area contributed by atoms with Crippen LogP contribution in [0, 0.1) is 0 Å². The Bertz CT molecular complexity index is 426. The quantitative estimate of drug-likeness (QED) is 0.786. The summed E-state index contributed by atoms with van der Waals surface area (Å²) in [6, 6.07) is 7.61. The number of rotatable bonds is 2. The largest absolute Gasteiger partial charge is 0.447 e. The molecule has 1 aromatic rings. The van der Waals surface area contributed by atoms with Gasteiger partial charge in [-0.25, -0.2) is 0 Å². The van der Waals surface area contributed by atoms with Gasteiger partial charge in [0.1, 0.15) is 0 Å². The zero-order valence-electron chi connectivity index (χ0n) is 8.43. The Morgan fingerprint density at radius 3 is 2.80 bits per heavy atom. The first-order valence-electron chi connectivity index (χ1n) is 4.85. The van der Waals surface area contributed by atoms with E-state index >= 15 is 0 Å². The lowest BCUT2D eigenvalue weighted by Crippen LogP contribution is -2.15. The summed E-state index contributed by atoms with van der Waals surface area (Å²) in [5, 5.41) is 0. The number of aliphatic imine (C=N–C) groups is 1. The number of aryl methyl sites for hydroxylation is 1. The number of ether oxygens (including phenoxy) is 1. The van der Waals surface area contributed by atoms with Crippen LogP contribution in [0.3, 0.4) is 0 Å². The normalized spacial score (nSPS) is 19.9. The predicted octanol–water partition coefficient (Wildman–Crippen LogP) is 1.16. The molecule has 1 atom stereocenters. The van der Waals surface area contributed by atoms with E-state index in [2.05, 4.69) is 4.99 Å². The molecule has 78 valence electrons. The van der Waals surface area contributed by atoms with Crippen molar-refractivity contribution in [1.29, 1.82) is 0 Å². The summed E-state index contributed by atoms with van der Waals surface area (Å²) in [5.41, 5.74) is 7.29. The number of amides is 1. The third-order valence-electron chi connectivity index (χ3n) is 2.40. The number of benzene rings is 1. The van der Waals surface area contributed by atoms with Gasteiger partial charge in [-0.2, -0.15) is 4.99 Å². The van der Waals surface area contributed by atoms with Gasteiger partial charge in [0.05, 0.1) is 0 Å². The van der Waals surface area contributed by atoms with Crippen LogP contribution in [-0.4, -0.2) is 11.9 Å². The molecule has 0 bridgehead atoms. The summed E-state index contributed by atoms with van der Waals surface area (Å²) >= 11 is 0. The number of nitrogens with two attached hydrogens (primary N) is 1. The summed E-state index contributed by atoms with van der Waals surface area (Å²) < 4.78 is 5.18. The molecule has 1 aliphatic heterocycles. The monoisotopic (exact) mass is 204 g/mol. The molecular weight excluding hydrogens is 192 g/mol. The highest BCUT2D eigenvalue weighted by molar-refractivity contribution is 5.98. The highest BCUT2D eigenvalue weighted by atomic mass is 16.5. The number of nitrogens with zero attached hydrogens (tertiary/aromatic N) is 1. The number of hydrogen-bond acceptors (Lipinski definition) is 3. The molecular formula is C11H12N2O2. The zero-order chi connectivity index (χ0) is 10.8. The van der Waals surface area contributed by atoms with Crippen molar-refractivity contribution in [3.8, 4) is 0 Å². The van der Waals surface area contributed by atoms with E-state index in [1.165, 1.54) is 0 Å². The fourth-order valence-corrected chi connectivity index (χ4v) is 1.67. The molecule has 1 amide bonds. The van der Waals surface area contributed by atoms with Crippen molar-refractivity contribution in [2.45, 2.75) is 19.4 Å². The summed E-state index contributed by atoms with van der Waals surface area (Å²) in [7, 11) is 0. The minimum Gasteiger partial charge on any atom is -0.447 e. The van der Waals surface area contributed by atoms with Gasteiger partial charge in [-0.15, -0.1) is 0 Å². The van der Waals surface area contributed by atoms with Crippen molar-refractivity contribution in [1.82, 2.24) is 0 Å². The van der Waals surface area contributed by atoms with Crippen LogP contribution >= 0.6 is 0 Å². The van der Waals surface area contributed by atoms with Crippen LogP contribution in [0.5, 0.6) is 0 Å². The van der Waals surface area contributed by atoms with Crippen LogP contribution in [0.25, 0.3) is 0 Å². The second-order valence-corrected chi connectivity index (χ2v) is 3.34. The van der Waals surface area contributed by atoms with Crippen molar-refractivity contribution in [2.75, 3.05) is 0 Å². The van der Waals surface area contributed by atoms with E-state index in [9.17, 15) is 4.79 Å². The average Bonchev–Trinajstić information content (AvgIpc) is 2.57. The smallest absolute Gasteiger partial charge is 0.296 e. The second-order valence-electron chi connectivity index (χ2n) is 3.34. The van der Waals surface area contributed by atoms with Crippen molar-refractivity contribution in [2.24, 2.45) is 10.7 Å². The van der Waals surface area contributed by atoms with Crippen molar-refractivity contribution < 1.29 is 9.53 Å². The maximum atomic E-state index is 11.5. The molecule has 4 heteroatoms. The standard InChI is InChI=1S/C11H12N2O2/c1-2-7-5-3-4-6-8(7)9-10(14)13-11(12)15-9/h3-6,9H,2H2,1H3,(H2,12,13,14). The molecule has 1 heterocycles. The lowest BCUT2D eigenvalue weighted by molar-refractivity contribution is -0.122. The molecule has 0 aliphatic carbocycles. The van der Waals surface area contributed by atoms with Crippen molar-refractivity contribution in [3.63, 3.8) is 0 Å². The highest BCUT2D eigenvalue weighted by Gasteiger charge is 2.30. The third kappa shape index (κ3) is 1.70. The highest BCUT2D eigenvalue weighted by Crippen LogP contribution is 2.26. The Morgan fingerprint density at radius 2 is 2.20 bits per heavy atom. The van der Waals surface area contributed by atoms with E-state index < -0.39 is 6.10 Å². The maximum Gasteiger partial charge on any atom is 0.296 e. The van der Waals surface area contributed by atoms with Gasteiger partial charge in [0, 0.05) is 5.56 Å². The summed E-state index contributed by atoms with van der Waals surface area (Å²) in [4.78, 5) is 15.0. The van der Waals surface area contributed by atoms with Gasteiger partial charge in [-0.05, 0) is 12.0 Å². The van der Waals surface area contributed by atoms with Crippen LogP contribution in [0.15, 0.2) is 29.3 Å². The number of carbonyl (C=O) groups excluding carboxylic acids is 1. The molecule has 1 aliphatic rings. The van der Waals surface area contributed by atoms with Crippen LogP contribution in [0.4, 0.5) is 0 Å². The Hall–Kier alpha value is -1.84. The third-order valence-corrected chi connectivity index (χ3v) is 2.40. The number of amidine groups is 1. The fraction of sp³-hybridized carbons (Fsp3) is 0.273. The summed E-state index contributed by atoms with van der Waals surface area (Å²) in [6.07, 6.45) is 0.199. The SMILES string of the molecule is CCc1ccccc1C1OC(N)=NC1=O. The van der Waals surface area contributed by atoms with Gasteiger partial charge < -0.3 is 10.5 Å². The second kappa shape index (κ2) is 3.73. The van der Waals surface area contributed by atoms with E-state index in [4.69, 9.17) is 10.5 Å². The van der Waals surface area contributed by atoms with Gasteiger partial charge in [0.15, 0.2) is 0 Å². The maximum absolute atomic E-state index is 11.5. The fourth-order valence-electron chi connectivity index (χ4n) is 1.67. The Labute approximate surface area is 87.8 Å². The van der Waals surface area contributed by atoms with Crippen LogP contribution in [-0.2, 0) is 16.0 Å². The molecule has 0 fully saturated rings. The molecule has 4 nitrogen and oxygen atoms in total. The van der Waals surface area contributed by atoms with Gasteiger partial charge in [0.2, 0.25) is 6.10 Å². The zero-order valence-corrected chi connectivity index (χ0v) is 8.43. The molecule has 1 aromatic carbocycles. The molecule has 0 aromatic heterocycles. The first-order valence-corrected chi connectivity index (χ1v) is 4.85. The molecule has 2 N–H and O–H groups in total. The van der Waals surface area contributed by atoms with Crippen molar-refractivity contribution in [3.05, 3.63) is 35.4 Å². The van der Waals surface area contributed by atoms with Crippen molar-refractivity contribution >= 4 is 11.9 Å². The lowest BCUT2D eigenvalue weighted by atomic mass is 10.0. The predicted molar refractivity (Wildman–Crippen MR) is 56.3 cm³/mol. The molecule has 1 unspecified atom stereocenters. The number of hydrogen-bond donors (Lipinski definition) is 1. The minimum absolute atomic E-state index is 0.0455.